The summed E-state index contributed by atoms with van der Waals surface area (Å²) in [6.45, 7) is 0.809. The molecule has 1 aliphatic carbocycles. The highest BCUT2D eigenvalue weighted by Gasteiger charge is 2.22. The molecular weight excluding hydrogens is 320 g/mol. The van der Waals surface area contributed by atoms with Crippen LogP contribution < -0.4 is 10.6 Å². The lowest BCUT2D eigenvalue weighted by Gasteiger charge is -2.10. The molecular formula is C19H26N2O4. The first-order valence-corrected chi connectivity index (χ1v) is 8.89. The van der Waals surface area contributed by atoms with Crippen molar-refractivity contribution in [2.45, 2.75) is 45.1 Å². The SMILES string of the molecule is O=C(CCNC(=O)C1CCCC1)NCCC(=O)OCc1ccccc1. The number of hydrogen-bond donors (Lipinski definition) is 2. The molecule has 0 spiro atoms. The Morgan fingerprint density at radius 2 is 1.64 bits per heavy atom. The molecule has 0 aromatic heterocycles. The molecule has 0 heterocycles. The van der Waals surface area contributed by atoms with Crippen LogP contribution >= 0.6 is 0 Å². The fourth-order valence-electron chi connectivity index (χ4n) is 2.83. The number of nitrogens with one attached hydrogen (secondary N) is 2. The molecule has 25 heavy (non-hydrogen) atoms. The van der Waals surface area contributed by atoms with E-state index in [1.54, 1.807) is 0 Å². The third-order valence-corrected chi connectivity index (χ3v) is 4.27. The molecule has 1 saturated carbocycles. The van der Waals surface area contributed by atoms with Crippen LogP contribution in [0.4, 0.5) is 0 Å². The van der Waals surface area contributed by atoms with Gasteiger partial charge in [-0.3, -0.25) is 14.4 Å². The minimum Gasteiger partial charge on any atom is -0.461 e. The van der Waals surface area contributed by atoms with Gasteiger partial charge in [0.15, 0.2) is 0 Å². The maximum absolute atomic E-state index is 11.8. The molecule has 136 valence electrons. The van der Waals surface area contributed by atoms with Crippen molar-refractivity contribution in [1.82, 2.24) is 10.6 Å². The van der Waals surface area contributed by atoms with Crippen molar-refractivity contribution >= 4 is 17.8 Å². The van der Waals surface area contributed by atoms with Gasteiger partial charge in [0.2, 0.25) is 11.8 Å². The molecule has 6 heteroatoms. The van der Waals surface area contributed by atoms with Crippen LogP contribution in [0.5, 0.6) is 0 Å². The predicted molar refractivity (Wildman–Crippen MR) is 93.4 cm³/mol. The van der Waals surface area contributed by atoms with Crippen LogP contribution in [0.15, 0.2) is 30.3 Å². The average molecular weight is 346 g/mol. The molecule has 1 aromatic carbocycles. The Balaban J connectivity index is 1.50. The molecule has 0 bridgehead atoms. The third kappa shape index (κ3) is 7.37. The van der Waals surface area contributed by atoms with Crippen molar-refractivity contribution in [2.24, 2.45) is 5.92 Å². The number of esters is 1. The molecule has 1 aromatic rings. The van der Waals surface area contributed by atoms with E-state index in [0.717, 1.165) is 31.2 Å². The van der Waals surface area contributed by atoms with E-state index < -0.39 is 0 Å². The van der Waals surface area contributed by atoms with E-state index >= 15 is 0 Å². The summed E-state index contributed by atoms with van der Waals surface area (Å²) in [5.41, 5.74) is 0.929. The monoisotopic (exact) mass is 346 g/mol. The Kier molecular flexibility index (Phi) is 7.95. The molecule has 6 nitrogen and oxygen atoms in total. The Morgan fingerprint density at radius 3 is 2.36 bits per heavy atom. The Bertz CT molecular complexity index is 568. The van der Waals surface area contributed by atoms with Gasteiger partial charge in [-0.2, -0.15) is 0 Å². The number of hydrogen-bond acceptors (Lipinski definition) is 4. The first-order valence-electron chi connectivity index (χ1n) is 8.89. The van der Waals surface area contributed by atoms with Gasteiger partial charge in [0, 0.05) is 25.4 Å². The zero-order chi connectivity index (χ0) is 17.9. The zero-order valence-electron chi connectivity index (χ0n) is 14.5. The van der Waals surface area contributed by atoms with Gasteiger partial charge in [0.1, 0.15) is 6.61 Å². The highest BCUT2D eigenvalue weighted by atomic mass is 16.5. The first-order chi connectivity index (χ1) is 12.1. The minimum absolute atomic E-state index is 0.0507. The summed E-state index contributed by atoms with van der Waals surface area (Å²) in [6, 6.07) is 9.44. The topological polar surface area (TPSA) is 84.5 Å². The van der Waals surface area contributed by atoms with Crippen molar-refractivity contribution in [1.29, 1.82) is 0 Å². The lowest BCUT2D eigenvalue weighted by molar-refractivity contribution is -0.144. The normalized spacial score (nSPS) is 14.1. The van der Waals surface area contributed by atoms with Gasteiger partial charge in [0.25, 0.3) is 0 Å². The third-order valence-electron chi connectivity index (χ3n) is 4.27. The van der Waals surface area contributed by atoms with Crippen LogP contribution in [0.2, 0.25) is 0 Å². The van der Waals surface area contributed by atoms with Gasteiger partial charge in [-0.15, -0.1) is 0 Å². The van der Waals surface area contributed by atoms with Gasteiger partial charge >= 0.3 is 5.97 Å². The number of carbonyl (C=O) groups excluding carboxylic acids is 3. The van der Waals surface area contributed by atoms with E-state index in [9.17, 15) is 14.4 Å². The summed E-state index contributed by atoms with van der Waals surface area (Å²) < 4.78 is 5.13. The smallest absolute Gasteiger partial charge is 0.307 e. The maximum atomic E-state index is 11.8. The van der Waals surface area contributed by atoms with E-state index in [1.807, 2.05) is 30.3 Å². The van der Waals surface area contributed by atoms with E-state index in [0.29, 0.717) is 6.54 Å². The Labute approximate surface area is 148 Å². The fourth-order valence-corrected chi connectivity index (χ4v) is 2.83. The molecule has 0 aliphatic heterocycles. The second-order valence-corrected chi connectivity index (χ2v) is 6.27. The van der Waals surface area contributed by atoms with E-state index in [-0.39, 0.29) is 49.7 Å². The summed E-state index contributed by atoms with van der Waals surface area (Å²) in [6.07, 6.45) is 4.47. The number of rotatable bonds is 9. The minimum atomic E-state index is -0.348. The average Bonchev–Trinajstić information content (AvgIpc) is 3.15. The summed E-state index contributed by atoms with van der Waals surface area (Å²) in [4.78, 5) is 35.1. The quantitative estimate of drug-likeness (QED) is 0.669. The molecule has 0 atom stereocenters. The van der Waals surface area contributed by atoms with Gasteiger partial charge in [-0.25, -0.2) is 0 Å². The van der Waals surface area contributed by atoms with Gasteiger partial charge in [-0.1, -0.05) is 43.2 Å². The second-order valence-electron chi connectivity index (χ2n) is 6.27. The summed E-state index contributed by atoms with van der Waals surface area (Å²) in [5.74, 6) is -0.362. The Morgan fingerprint density at radius 1 is 0.960 bits per heavy atom. The van der Waals surface area contributed by atoms with Crippen molar-refractivity contribution < 1.29 is 19.1 Å². The Hall–Kier alpha value is -2.37. The molecule has 2 N–H and O–H groups in total. The largest absolute Gasteiger partial charge is 0.461 e. The lowest BCUT2D eigenvalue weighted by Crippen LogP contribution is -2.34. The van der Waals surface area contributed by atoms with Crippen LogP contribution in [0.3, 0.4) is 0 Å². The fraction of sp³-hybridized carbons (Fsp3) is 0.526. The van der Waals surface area contributed by atoms with Crippen LogP contribution in [-0.4, -0.2) is 30.9 Å². The van der Waals surface area contributed by atoms with E-state index in [4.69, 9.17) is 4.74 Å². The van der Waals surface area contributed by atoms with Crippen molar-refractivity contribution in [3.05, 3.63) is 35.9 Å². The first kappa shape index (κ1) is 19.0. The molecule has 2 rings (SSSR count). The van der Waals surface area contributed by atoms with Crippen LogP contribution in [0, 0.1) is 5.92 Å². The zero-order valence-corrected chi connectivity index (χ0v) is 14.5. The van der Waals surface area contributed by atoms with Gasteiger partial charge < -0.3 is 15.4 Å². The number of ether oxygens (including phenoxy) is 1. The number of carbonyl (C=O) groups is 3. The van der Waals surface area contributed by atoms with Gasteiger partial charge in [0.05, 0.1) is 6.42 Å². The molecule has 2 amide bonds. The predicted octanol–water partition coefficient (Wildman–Crippen LogP) is 1.93. The van der Waals surface area contributed by atoms with E-state index in [2.05, 4.69) is 10.6 Å². The van der Waals surface area contributed by atoms with Crippen molar-refractivity contribution in [3.63, 3.8) is 0 Å². The van der Waals surface area contributed by atoms with Crippen molar-refractivity contribution in [3.8, 4) is 0 Å². The van der Waals surface area contributed by atoms with Crippen LogP contribution in [0.25, 0.3) is 0 Å². The van der Waals surface area contributed by atoms with Crippen LogP contribution in [-0.2, 0) is 25.7 Å². The van der Waals surface area contributed by atoms with Gasteiger partial charge in [-0.05, 0) is 18.4 Å². The summed E-state index contributed by atoms with van der Waals surface area (Å²) in [7, 11) is 0. The highest BCUT2D eigenvalue weighted by molar-refractivity contribution is 5.80. The van der Waals surface area contributed by atoms with Crippen molar-refractivity contribution in [2.75, 3.05) is 13.1 Å². The maximum Gasteiger partial charge on any atom is 0.307 e. The van der Waals surface area contributed by atoms with Crippen LogP contribution in [0.1, 0.15) is 44.1 Å². The lowest BCUT2D eigenvalue weighted by atomic mass is 10.1. The molecule has 0 unspecified atom stereocenters. The van der Waals surface area contributed by atoms with E-state index in [1.165, 1.54) is 0 Å². The molecule has 0 saturated heterocycles. The summed E-state index contributed by atoms with van der Waals surface area (Å²) >= 11 is 0. The highest BCUT2D eigenvalue weighted by Crippen LogP contribution is 2.24. The number of amides is 2. The molecule has 0 radical (unpaired) electrons. The standard InChI is InChI=1S/C19H26N2O4/c22-17(10-12-21-19(24)16-8-4-5-9-16)20-13-11-18(23)25-14-15-6-2-1-3-7-15/h1-3,6-7,16H,4-5,8-14H2,(H,20,22)(H,21,24). The molecule has 1 aliphatic rings. The second kappa shape index (κ2) is 10.5. The number of benzene rings is 1. The summed E-state index contributed by atoms with van der Waals surface area (Å²) in [5, 5.41) is 5.47. The molecule has 1 fully saturated rings.